The number of aromatic hydroxyl groups is 1. The molecule has 6 heteroatoms. The highest BCUT2D eigenvalue weighted by atomic mass is 16.5. The van der Waals surface area contributed by atoms with Gasteiger partial charge in [0.25, 0.3) is 0 Å². The maximum absolute atomic E-state index is 12.6. The first-order valence-electron chi connectivity index (χ1n) is 13.1. The van der Waals surface area contributed by atoms with Crippen LogP contribution in [0.25, 0.3) is 0 Å². The Morgan fingerprint density at radius 1 is 1.14 bits per heavy atom. The first-order valence-corrected chi connectivity index (χ1v) is 13.1. The molecule has 1 aromatic heterocycles. The molecule has 2 aromatic carbocycles. The molecule has 36 heavy (non-hydrogen) atoms. The molecule has 0 amide bonds. The number of phenolic OH excluding ortho intramolecular Hbond substituents is 1. The molecule has 7 rings (SSSR count). The number of ether oxygens (including phenoxy) is 1. The van der Waals surface area contributed by atoms with E-state index in [1.165, 1.54) is 11.1 Å². The summed E-state index contributed by atoms with van der Waals surface area (Å²) < 4.78 is 6.54. The minimum atomic E-state index is -0.978. The molecule has 1 fully saturated rings. The van der Waals surface area contributed by atoms with E-state index in [1.54, 1.807) is 6.07 Å². The smallest absolute Gasteiger partial charge is 0.166 e. The lowest BCUT2D eigenvalue weighted by molar-refractivity contribution is -0.167. The monoisotopic (exact) mass is 484 g/mol. The second-order valence-electron chi connectivity index (χ2n) is 11.2. The fraction of sp³-hybridized carbons (Fsp3) is 0.433. The second kappa shape index (κ2) is 7.70. The van der Waals surface area contributed by atoms with Crippen LogP contribution in [0.5, 0.6) is 11.5 Å². The van der Waals surface area contributed by atoms with E-state index in [0.29, 0.717) is 31.4 Å². The molecular formula is C30H32N2O4. The number of phenols is 1. The number of carbonyl (C=O) groups excluding carboxylic acids is 1. The fourth-order valence-electron chi connectivity index (χ4n) is 7.65. The Morgan fingerprint density at radius 3 is 2.78 bits per heavy atom. The molecule has 4 atom stereocenters. The Hall–Kier alpha value is -3.09. The summed E-state index contributed by atoms with van der Waals surface area (Å²) in [7, 11) is 2.10. The zero-order chi connectivity index (χ0) is 24.7. The number of Topliss-reactive ketones (excluding diaryl/α,β-unsaturated/α-hetero) is 1. The number of nitrogens with zero attached hydrogens (tertiary/aromatic N) is 1. The summed E-state index contributed by atoms with van der Waals surface area (Å²) in [5.41, 5.74) is 4.90. The Balaban J connectivity index is 1.19. The molecule has 1 unspecified atom stereocenters. The van der Waals surface area contributed by atoms with Gasteiger partial charge in [-0.15, -0.1) is 0 Å². The lowest BCUT2D eigenvalue weighted by Crippen LogP contribution is -2.73. The van der Waals surface area contributed by atoms with Gasteiger partial charge in [0, 0.05) is 36.6 Å². The van der Waals surface area contributed by atoms with E-state index >= 15 is 0 Å². The number of ketones is 1. The molecule has 0 radical (unpaired) electrons. The molecule has 1 saturated heterocycles. The Labute approximate surface area is 210 Å². The number of aromatic amines is 1. The average molecular weight is 485 g/mol. The van der Waals surface area contributed by atoms with Crippen LogP contribution in [0.4, 0.5) is 0 Å². The molecule has 6 nitrogen and oxygen atoms in total. The van der Waals surface area contributed by atoms with Crippen LogP contribution in [0.15, 0.2) is 48.5 Å². The zero-order valence-corrected chi connectivity index (χ0v) is 20.6. The van der Waals surface area contributed by atoms with E-state index in [0.717, 1.165) is 48.3 Å². The number of aromatic nitrogens is 1. The van der Waals surface area contributed by atoms with E-state index in [-0.39, 0.29) is 23.7 Å². The van der Waals surface area contributed by atoms with Gasteiger partial charge in [0.15, 0.2) is 17.6 Å². The number of rotatable bonds is 6. The van der Waals surface area contributed by atoms with Crippen molar-refractivity contribution < 1.29 is 19.7 Å². The molecule has 3 heterocycles. The SMILES string of the molecule is CN1CC[C@]23c4c5ccc(O)c4OC2c2[nH]c(CCC(=O)CCc4ccccc4)cc2C[C@@]3(O)[C@H]1C5. The number of piperidine rings is 1. The highest BCUT2D eigenvalue weighted by molar-refractivity contribution is 5.78. The van der Waals surface area contributed by atoms with Gasteiger partial charge in [-0.1, -0.05) is 36.4 Å². The number of hydrogen-bond donors (Lipinski definition) is 3. The number of carbonyl (C=O) groups is 1. The molecular weight excluding hydrogens is 452 g/mol. The van der Waals surface area contributed by atoms with E-state index in [4.69, 9.17) is 4.74 Å². The highest BCUT2D eigenvalue weighted by Crippen LogP contribution is 2.68. The fourth-order valence-corrected chi connectivity index (χ4v) is 7.65. The topological polar surface area (TPSA) is 85.8 Å². The van der Waals surface area contributed by atoms with Crippen LogP contribution in [0.2, 0.25) is 0 Å². The summed E-state index contributed by atoms with van der Waals surface area (Å²) in [6.45, 7) is 0.875. The molecule has 2 aliphatic heterocycles. The predicted molar refractivity (Wildman–Crippen MR) is 135 cm³/mol. The van der Waals surface area contributed by atoms with Crippen molar-refractivity contribution in [1.29, 1.82) is 0 Å². The minimum Gasteiger partial charge on any atom is -0.504 e. The number of likely N-dealkylation sites (tertiary alicyclic amines) is 1. The molecule has 186 valence electrons. The van der Waals surface area contributed by atoms with Gasteiger partial charge < -0.3 is 24.8 Å². The van der Waals surface area contributed by atoms with Crippen molar-refractivity contribution in [2.24, 2.45) is 0 Å². The molecule has 0 saturated carbocycles. The lowest BCUT2D eigenvalue weighted by Gasteiger charge is -2.62. The third-order valence-corrected chi connectivity index (χ3v) is 9.40. The summed E-state index contributed by atoms with van der Waals surface area (Å²) in [6, 6.07) is 16.0. The zero-order valence-electron chi connectivity index (χ0n) is 20.6. The Morgan fingerprint density at radius 2 is 1.94 bits per heavy atom. The number of aliphatic hydroxyl groups is 1. The van der Waals surface area contributed by atoms with Crippen LogP contribution in [0.3, 0.4) is 0 Å². The van der Waals surface area contributed by atoms with Gasteiger partial charge in [0.2, 0.25) is 0 Å². The van der Waals surface area contributed by atoms with Crippen LogP contribution in [-0.4, -0.2) is 51.1 Å². The third kappa shape index (κ3) is 2.88. The predicted octanol–water partition coefficient (Wildman–Crippen LogP) is 3.77. The Bertz CT molecular complexity index is 1360. The quantitative estimate of drug-likeness (QED) is 0.496. The van der Waals surface area contributed by atoms with Crippen LogP contribution < -0.4 is 4.74 Å². The molecule has 2 aliphatic carbocycles. The van der Waals surface area contributed by atoms with Crippen molar-refractivity contribution >= 4 is 5.78 Å². The number of aryl methyl sites for hydroxylation is 2. The van der Waals surface area contributed by atoms with Crippen molar-refractivity contribution in [3.05, 3.63) is 82.2 Å². The second-order valence-corrected chi connectivity index (χ2v) is 11.2. The number of fused-ring (bicyclic) bond motifs is 2. The number of benzene rings is 2. The third-order valence-electron chi connectivity index (χ3n) is 9.40. The van der Waals surface area contributed by atoms with Gasteiger partial charge in [0.1, 0.15) is 5.78 Å². The highest BCUT2D eigenvalue weighted by Gasteiger charge is 2.72. The number of hydrogen-bond acceptors (Lipinski definition) is 5. The van der Waals surface area contributed by atoms with E-state index in [1.807, 2.05) is 24.3 Å². The summed E-state index contributed by atoms with van der Waals surface area (Å²) in [5.74, 6) is 0.947. The van der Waals surface area contributed by atoms with Crippen molar-refractivity contribution in [2.75, 3.05) is 13.6 Å². The largest absolute Gasteiger partial charge is 0.504 e. The van der Waals surface area contributed by atoms with Crippen molar-refractivity contribution in [1.82, 2.24) is 9.88 Å². The van der Waals surface area contributed by atoms with Gasteiger partial charge in [-0.3, -0.25) is 4.79 Å². The van der Waals surface area contributed by atoms with Gasteiger partial charge in [-0.2, -0.15) is 0 Å². The maximum atomic E-state index is 12.6. The average Bonchev–Trinajstić information content (AvgIpc) is 3.44. The van der Waals surface area contributed by atoms with Gasteiger partial charge in [-0.25, -0.2) is 0 Å². The maximum Gasteiger partial charge on any atom is 0.166 e. The van der Waals surface area contributed by atoms with Gasteiger partial charge in [0.05, 0.1) is 16.7 Å². The number of H-pyrrole nitrogens is 1. The summed E-state index contributed by atoms with van der Waals surface area (Å²) >= 11 is 0. The van der Waals surface area contributed by atoms with Crippen LogP contribution in [0.1, 0.15) is 59.0 Å². The molecule has 3 aromatic rings. The van der Waals surface area contributed by atoms with Crippen LogP contribution in [0, 0.1) is 0 Å². The first-order chi connectivity index (χ1) is 17.4. The van der Waals surface area contributed by atoms with E-state index in [2.05, 4.69) is 35.1 Å². The molecule has 1 spiro atoms. The van der Waals surface area contributed by atoms with E-state index in [9.17, 15) is 15.0 Å². The first kappa shape index (κ1) is 22.1. The summed E-state index contributed by atoms with van der Waals surface area (Å²) in [6.07, 6.45) is 4.15. The van der Waals surface area contributed by atoms with Crippen molar-refractivity contribution in [3.8, 4) is 11.5 Å². The standard InChI is InChI=1S/C30H32N2O4/c1-32-14-13-29-25-19-8-12-23(34)27(25)36-28(29)26-20(17-30(29,35)24(32)16-19)15-21(31-26)9-11-22(33)10-7-18-5-3-2-4-6-18/h2-6,8,12,15,24,28,31,34-35H,7,9-11,13-14,16-17H2,1H3/t24-,28?,29+,30-/m1/s1. The van der Waals surface area contributed by atoms with Crippen molar-refractivity contribution in [2.45, 2.75) is 68.1 Å². The molecule has 2 bridgehead atoms. The molecule has 3 N–H and O–H groups in total. The van der Waals surface area contributed by atoms with Gasteiger partial charge >= 0.3 is 0 Å². The lowest BCUT2D eigenvalue weighted by atomic mass is 9.49. The number of likely N-dealkylation sites (N-methyl/N-ethyl adjacent to an activating group) is 1. The number of nitrogens with one attached hydrogen (secondary N) is 1. The van der Waals surface area contributed by atoms with E-state index < -0.39 is 11.0 Å². The van der Waals surface area contributed by atoms with Crippen molar-refractivity contribution in [3.63, 3.8) is 0 Å². The summed E-state index contributed by atoms with van der Waals surface area (Å²) in [4.78, 5) is 18.5. The van der Waals surface area contributed by atoms with Gasteiger partial charge in [-0.05, 0) is 68.1 Å². The normalized spacial score (nSPS) is 29.4. The minimum absolute atomic E-state index is 0.00796. The summed E-state index contributed by atoms with van der Waals surface area (Å²) in [5, 5.41) is 23.2. The van der Waals surface area contributed by atoms with Crippen LogP contribution >= 0.6 is 0 Å². The Kier molecular flexibility index (Phi) is 4.74. The molecule has 4 aliphatic rings. The van der Waals surface area contributed by atoms with Crippen LogP contribution in [-0.2, 0) is 35.9 Å².